The van der Waals surface area contributed by atoms with E-state index >= 15 is 0 Å². The van der Waals surface area contributed by atoms with Gasteiger partial charge in [-0.25, -0.2) is 4.79 Å². The number of aromatic nitrogens is 1. The van der Waals surface area contributed by atoms with E-state index in [2.05, 4.69) is 10.3 Å². The van der Waals surface area contributed by atoms with Crippen LogP contribution in [0.25, 0.3) is 0 Å². The zero-order chi connectivity index (χ0) is 16.3. The first-order valence-corrected chi connectivity index (χ1v) is 6.10. The third-order valence-electron chi connectivity index (χ3n) is 3.24. The summed E-state index contributed by atoms with van der Waals surface area (Å²) in [6.07, 6.45) is -0.775. The number of hydrogen-bond donors (Lipinski definition) is 4. The normalized spacial score (nSPS) is 11.8. The van der Waals surface area contributed by atoms with Crippen molar-refractivity contribution < 1.29 is 24.6 Å². The van der Waals surface area contributed by atoms with Crippen LogP contribution in [-0.2, 0) is 9.59 Å². The van der Waals surface area contributed by atoms with Gasteiger partial charge in [-0.3, -0.25) is 14.4 Å². The topological polar surface area (TPSA) is 137 Å². The van der Waals surface area contributed by atoms with Crippen LogP contribution in [0.3, 0.4) is 0 Å². The van der Waals surface area contributed by atoms with Gasteiger partial charge in [-0.15, -0.1) is 0 Å². The summed E-state index contributed by atoms with van der Waals surface area (Å²) < 4.78 is 0. The number of carboxylic acids is 2. The van der Waals surface area contributed by atoms with Gasteiger partial charge in [-0.1, -0.05) is 0 Å². The Kier molecular flexibility index (Phi) is 4.85. The molecule has 8 nitrogen and oxygen atoms in total. The number of aromatic amines is 1. The molecule has 0 radical (unpaired) electrons. The van der Waals surface area contributed by atoms with E-state index in [0.717, 1.165) is 0 Å². The summed E-state index contributed by atoms with van der Waals surface area (Å²) in [6.45, 7) is 4.96. The fraction of sp³-hybridized carbons (Fsp3) is 0.385. The number of pyridine rings is 1. The molecular weight excluding hydrogens is 280 g/mol. The van der Waals surface area contributed by atoms with E-state index in [0.29, 0.717) is 16.8 Å². The molecule has 1 aromatic rings. The molecule has 1 atom stereocenters. The molecule has 0 bridgehead atoms. The number of hydrogen-bond acceptors (Lipinski definition) is 4. The molecule has 0 aliphatic heterocycles. The molecule has 0 fully saturated rings. The van der Waals surface area contributed by atoms with Gasteiger partial charge in [0, 0.05) is 5.69 Å². The molecule has 114 valence electrons. The van der Waals surface area contributed by atoms with Crippen molar-refractivity contribution >= 4 is 17.8 Å². The predicted octanol–water partition coefficient (Wildman–Crippen LogP) is -0.0421. The molecule has 0 spiro atoms. The molecule has 0 aliphatic carbocycles. The van der Waals surface area contributed by atoms with Gasteiger partial charge in [-0.2, -0.15) is 0 Å². The summed E-state index contributed by atoms with van der Waals surface area (Å²) in [5.74, 6) is -3.76. The molecular formula is C13H16N2O6. The number of aliphatic carboxylic acids is 2. The molecule has 4 N–H and O–H groups in total. The monoisotopic (exact) mass is 296 g/mol. The minimum absolute atomic E-state index is 0.213. The number of carbonyl (C=O) groups excluding carboxylic acids is 1. The third-order valence-corrected chi connectivity index (χ3v) is 3.24. The average molecular weight is 296 g/mol. The van der Waals surface area contributed by atoms with Gasteiger partial charge in [0.1, 0.15) is 11.6 Å². The molecule has 0 aromatic carbocycles. The molecule has 1 aromatic heterocycles. The van der Waals surface area contributed by atoms with E-state index in [-0.39, 0.29) is 5.56 Å². The first kappa shape index (κ1) is 16.4. The second kappa shape index (κ2) is 6.21. The molecule has 8 heteroatoms. The van der Waals surface area contributed by atoms with Gasteiger partial charge in [0.2, 0.25) is 0 Å². The first-order valence-electron chi connectivity index (χ1n) is 6.10. The van der Waals surface area contributed by atoms with Crippen LogP contribution in [0.5, 0.6) is 0 Å². The van der Waals surface area contributed by atoms with E-state index in [1.165, 1.54) is 0 Å². The standard InChI is InChI=1S/C13H16N2O6/c1-5-6(2)10(11(18)14-7(5)3)12(19)15-8(13(20)21)4-9(16)17/h8H,4H2,1-3H3,(H,14,18)(H,15,19)(H,16,17)(H,20,21). The van der Waals surface area contributed by atoms with E-state index in [1.54, 1.807) is 20.8 Å². The minimum atomic E-state index is -1.60. The molecule has 0 saturated heterocycles. The number of carboxylic acid groups (broad SMARTS) is 2. The second-order valence-corrected chi connectivity index (χ2v) is 4.67. The van der Waals surface area contributed by atoms with E-state index in [9.17, 15) is 19.2 Å². The number of H-pyrrole nitrogens is 1. The van der Waals surface area contributed by atoms with Gasteiger partial charge in [0.25, 0.3) is 11.5 Å². The van der Waals surface area contributed by atoms with Crippen molar-refractivity contribution in [1.82, 2.24) is 10.3 Å². The van der Waals surface area contributed by atoms with Crippen molar-refractivity contribution in [1.29, 1.82) is 0 Å². The van der Waals surface area contributed by atoms with Crippen LogP contribution < -0.4 is 10.9 Å². The Bertz CT molecular complexity index is 661. The number of rotatable bonds is 5. The molecule has 1 unspecified atom stereocenters. The number of amides is 1. The summed E-state index contributed by atoms with van der Waals surface area (Å²) >= 11 is 0. The van der Waals surface area contributed by atoms with Crippen molar-refractivity contribution in [2.45, 2.75) is 33.2 Å². The molecule has 0 saturated carbocycles. The largest absolute Gasteiger partial charge is 0.481 e. The maximum atomic E-state index is 12.1. The van der Waals surface area contributed by atoms with Gasteiger partial charge in [0.05, 0.1) is 6.42 Å². The highest BCUT2D eigenvalue weighted by Crippen LogP contribution is 2.11. The lowest BCUT2D eigenvalue weighted by Crippen LogP contribution is -2.44. The van der Waals surface area contributed by atoms with Gasteiger partial charge in [-0.05, 0) is 31.9 Å². The quantitative estimate of drug-likeness (QED) is 0.601. The van der Waals surface area contributed by atoms with Gasteiger partial charge < -0.3 is 20.5 Å². The Labute approximate surface area is 119 Å². The van der Waals surface area contributed by atoms with Crippen molar-refractivity contribution in [2.75, 3.05) is 0 Å². The Morgan fingerprint density at radius 1 is 1.14 bits per heavy atom. The zero-order valence-corrected chi connectivity index (χ0v) is 11.8. The SMILES string of the molecule is Cc1[nH]c(=O)c(C(=O)NC(CC(=O)O)C(=O)O)c(C)c1C. The Balaban J connectivity index is 3.15. The summed E-state index contributed by atoms with van der Waals surface area (Å²) in [5.41, 5.74) is 0.870. The van der Waals surface area contributed by atoms with E-state index in [4.69, 9.17) is 10.2 Å². The minimum Gasteiger partial charge on any atom is -0.481 e. The smallest absolute Gasteiger partial charge is 0.326 e. The highest BCUT2D eigenvalue weighted by molar-refractivity contribution is 5.98. The van der Waals surface area contributed by atoms with Crippen LogP contribution in [0.2, 0.25) is 0 Å². The van der Waals surface area contributed by atoms with E-state index in [1.807, 2.05) is 0 Å². The highest BCUT2D eigenvalue weighted by Gasteiger charge is 2.26. The van der Waals surface area contributed by atoms with Crippen LogP contribution in [-0.4, -0.2) is 39.1 Å². The first-order chi connectivity index (χ1) is 9.65. The van der Waals surface area contributed by atoms with Crippen LogP contribution in [0.4, 0.5) is 0 Å². The number of aryl methyl sites for hydroxylation is 1. The second-order valence-electron chi connectivity index (χ2n) is 4.67. The average Bonchev–Trinajstić information content (AvgIpc) is 2.34. The Morgan fingerprint density at radius 2 is 1.71 bits per heavy atom. The van der Waals surface area contributed by atoms with Crippen molar-refractivity contribution in [3.8, 4) is 0 Å². The lowest BCUT2D eigenvalue weighted by molar-refractivity contribution is -0.145. The van der Waals surface area contributed by atoms with E-state index < -0.39 is 35.9 Å². The fourth-order valence-corrected chi connectivity index (χ4v) is 1.84. The highest BCUT2D eigenvalue weighted by atomic mass is 16.4. The molecule has 1 amide bonds. The Hall–Kier alpha value is -2.64. The maximum Gasteiger partial charge on any atom is 0.326 e. The fourth-order valence-electron chi connectivity index (χ4n) is 1.84. The summed E-state index contributed by atoms with van der Waals surface area (Å²) in [4.78, 5) is 47.9. The lowest BCUT2D eigenvalue weighted by Gasteiger charge is -2.14. The molecule has 1 heterocycles. The van der Waals surface area contributed by atoms with Crippen LogP contribution in [0, 0.1) is 20.8 Å². The lowest BCUT2D eigenvalue weighted by atomic mass is 10.0. The molecule has 21 heavy (non-hydrogen) atoms. The molecule has 1 rings (SSSR count). The van der Waals surface area contributed by atoms with Crippen LogP contribution in [0.1, 0.15) is 33.6 Å². The van der Waals surface area contributed by atoms with Gasteiger partial charge in [0.15, 0.2) is 0 Å². The van der Waals surface area contributed by atoms with Crippen LogP contribution >= 0.6 is 0 Å². The van der Waals surface area contributed by atoms with Gasteiger partial charge >= 0.3 is 11.9 Å². The summed E-state index contributed by atoms with van der Waals surface area (Å²) in [6, 6.07) is -1.60. The Morgan fingerprint density at radius 3 is 2.19 bits per heavy atom. The zero-order valence-electron chi connectivity index (χ0n) is 11.8. The van der Waals surface area contributed by atoms with Crippen LogP contribution in [0.15, 0.2) is 4.79 Å². The number of nitrogens with one attached hydrogen (secondary N) is 2. The maximum absolute atomic E-state index is 12.1. The van der Waals surface area contributed by atoms with Crippen molar-refractivity contribution in [3.63, 3.8) is 0 Å². The third kappa shape index (κ3) is 3.68. The summed E-state index contributed by atoms with van der Waals surface area (Å²) in [7, 11) is 0. The van der Waals surface area contributed by atoms with Crippen molar-refractivity contribution in [2.24, 2.45) is 0 Å². The molecule has 0 aliphatic rings. The predicted molar refractivity (Wildman–Crippen MR) is 72.4 cm³/mol. The summed E-state index contributed by atoms with van der Waals surface area (Å²) in [5, 5.41) is 19.6. The number of carbonyl (C=O) groups is 3. The van der Waals surface area contributed by atoms with Crippen molar-refractivity contribution in [3.05, 3.63) is 32.7 Å².